The summed E-state index contributed by atoms with van der Waals surface area (Å²) in [4.78, 5) is 36.1. The van der Waals surface area contributed by atoms with Crippen LogP contribution < -0.4 is 5.32 Å². The Balaban J connectivity index is 1.62. The summed E-state index contributed by atoms with van der Waals surface area (Å²) in [6, 6.07) is 9.74. The predicted molar refractivity (Wildman–Crippen MR) is 87.3 cm³/mol. The van der Waals surface area contributed by atoms with E-state index in [-0.39, 0.29) is 5.56 Å². The molecule has 0 aliphatic carbocycles. The quantitative estimate of drug-likeness (QED) is 0.646. The molecule has 2 heterocycles. The van der Waals surface area contributed by atoms with Crippen molar-refractivity contribution in [2.75, 3.05) is 6.61 Å². The van der Waals surface area contributed by atoms with Gasteiger partial charge in [-0.1, -0.05) is 12.1 Å². The van der Waals surface area contributed by atoms with Gasteiger partial charge in [-0.25, -0.2) is 4.79 Å². The van der Waals surface area contributed by atoms with E-state index in [4.69, 9.17) is 4.74 Å². The van der Waals surface area contributed by atoms with Gasteiger partial charge in [-0.05, 0) is 34.7 Å². The number of carbonyl (C=O) groups excluding carboxylic acids is 3. The maximum Gasteiger partial charge on any atom is 0.340 e. The lowest BCUT2D eigenvalue weighted by Crippen LogP contribution is -2.35. The smallest absolute Gasteiger partial charge is 0.340 e. The fraction of sp³-hybridized carbons (Fsp3) is 0.125. The Kier molecular flexibility index (Phi) is 4.83. The molecule has 10 nitrogen and oxygen atoms in total. The normalized spacial score (nSPS) is 10.3. The SMILES string of the molecule is Cn1cccc1C(=O)NC(=O)COC(=O)c1ccccc1-n1cnnn1. The largest absolute Gasteiger partial charge is 0.452 e. The third kappa shape index (κ3) is 3.64. The molecule has 1 N–H and O–H groups in total. The van der Waals surface area contributed by atoms with Crippen LogP contribution in [0.3, 0.4) is 0 Å². The Labute approximate surface area is 147 Å². The van der Waals surface area contributed by atoms with E-state index >= 15 is 0 Å². The van der Waals surface area contributed by atoms with Crippen molar-refractivity contribution in [2.24, 2.45) is 7.05 Å². The second kappa shape index (κ2) is 7.38. The number of benzene rings is 1. The van der Waals surface area contributed by atoms with Crippen LogP contribution in [0.4, 0.5) is 0 Å². The van der Waals surface area contributed by atoms with Crippen LogP contribution in [0, 0.1) is 0 Å². The summed E-state index contributed by atoms with van der Waals surface area (Å²) in [5, 5.41) is 12.9. The maximum atomic E-state index is 12.3. The molecule has 3 aromatic rings. The lowest BCUT2D eigenvalue weighted by molar-refractivity contribution is -0.123. The van der Waals surface area contributed by atoms with Crippen molar-refractivity contribution in [3.63, 3.8) is 0 Å². The minimum absolute atomic E-state index is 0.182. The number of nitrogens with one attached hydrogen (secondary N) is 1. The average molecular weight is 354 g/mol. The number of esters is 1. The number of amides is 2. The van der Waals surface area contributed by atoms with Crippen LogP contribution in [0.25, 0.3) is 5.69 Å². The van der Waals surface area contributed by atoms with Crippen molar-refractivity contribution in [3.8, 4) is 5.69 Å². The number of nitrogens with zero attached hydrogens (tertiary/aromatic N) is 5. The monoisotopic (exact) mass is 354 g/mol. The Hall–Kier alpha value is -3.82. The molecule has 0 bridgehead atoms. The van der Waals surface area contributed by atoms with Crippen LogP contribution >= 0.6 is 0 Å². The van der Waals surface area contributed by atoms with Gasteiger partial charge in [-0.3, -0.25) is 14.9 Å². The van der Waals surface area contributed by atoms with E-state index in [1.54, 1.807) is 48.1 Å². The summed E-state index contributed by atoms with van der Waals surface area (Å²) in [5.74, 6) is -2.05. The number of imide groups is 1. The Morgan fingerprint density at radius 2 is 1.96 bits per heavy atom. The average Bonchev–Trinajstić information content (AvgIpc) is 3.31. The Bertz CT molecular complexity index is 947. The molecule has 132 valence electrons. The highest BCUT2D eigenvalue weighted by Gasteiger charge is 2.18. The van der Waals surface area contributed by atoms with Crippen molar-refractivity contribution in [2.45, 2.75) is 0 Å². The summed E-state index contributed by atoms with van der Waals surface area (Å²) < 4.78 is 7.85. The zero-order chi connectivity index (χ0) is 18.5. The second-order valence-electron chi connectivity index (χ2n) is 5.23. The highest BCUT2D eigenvalue weighted by molar-refractivity contribution is 6.04. The van der Waals surface area contributed by atoms with Gasteiger partial charge in [0.25, 0.3) is 11.8 Å². The lowest BCUT2D eigenvalue weighted by atomic mass is 10.2. The van der Waals surface area contributed by atoms with Gasteiger partial charge >= 0.3 is 5.97 Å². The molecule has 10 heteroatoms. The third-order valence-electron chi connectivity index (χ3n) is 3.48. The van der Waals surface area contributed by atoms with Crippen LogP contribution in [0.15, 0.2) is 48.9 Å². The molecule has 0 unspecified atom stereocenters. The van der Waals surface area contributed by atoms with E-state index in [0.29, 0.717) is 11.4 Å². The number of ether oxygens (including phenoxy) is 1. The zero-order valence-corrected chi connectivity index (χ0v) is 13.7. The molecule has 0 radical (unpaired) electrons. The summed E-state index contributed by atoms with van der Waals surface area (Å²) in [7, 11) is 1.68. The number of hydrogen-bond acceptors (Lipinski definition) is 7. The molecule has 1 aromatic carbocycles. The lowest BCUT2D eigenvalue weighted by Gasteiger charge is -2.09. The highest BCUT2D eigenvalue weighted by atomic mass is 16.5. The van der Waals surface area contributed by atoms with Gasteiger partial charge in [0.05, 0.1) is 11.3 Å². The van der Waals surface area contributed by atoms with Crippen molar-refractivity contribution >= 4 is 17.8 Å². The van der Waals surface area contributed by atoms with Crippen molar-refractivity contribution in [1.82, 2.24) is 30.1 Å². The van der Waals surface area contributed by atoms with E-state index < -0.39 is 24.4 Å². The third-order valence-corrected chi connectivity index (χ3v) is 3.48. The minimum Gasteiger partial charge on any atom is -0.452 e. The maximum absolute atomic E-state index is 12.3. The van der Waals surface area contributed by atoms with E-state index in [1.807, 2.05) is 0 Å². The number of tetrazole rings is 1. The fourth-order valence-electron chi connectivity index (χ4n) is 2.25. The minimum atomic E-state index is -0.738. The number of rotatable bonds is 5. The predicted octanol–water partition coefficient (Wildman–Crippen LogP) is 0.114. The van der Waals surface area contributed by atoms with Gasteiger partial charge in [0.15, 0.2) is 6.61 Å². The van der Waals surface area contributed by atoms with Gasteiger partial charge in [0, 0.05) is 13.2 Å². The fourth-order valence-corrected chi connectivity index (χ4v) is 2.25. The van der Waals surface area contributed by atoms with Crippen LogP contribution in [0.2, 0.25) is 0 Å². The standard InChI is InChI=1S/C16H14N6O4/c1-21-8-4-7-13(21)15(24)18-14(23)9-26-16(25)11-5-2-3-6-12(11)22-10-17-19-20-22/h2-8,10H,9H2,1H3,(H,18,23,24). The summed E-state index contributed by atoms with van der Waals surface area (Å²) >= 11 is 0. The molecule has 0 saturated carbocycles. The van der Waals surface area contributed by atoms with Crippen LogP contribution in [-0.4, -0.2) is 49.2 Å². The van der Waals surface area contributed by atoms with Crippen molar-refractivity contribution in [3.05, 3.63) is 60.2 Å². The van der Waals surface area contributed by atoms with E-state index in [2.05, 4.69) is 20.8 Å². The zero-order valence-electron chi connectivity index (χ0n) is 13.7. The van der Waals surface area contributed by atoms with Gasteiger partial charge in [-0.2, -0.15) is 4.68 Å². The van der Waals surface area contributed by atoms with Gasteiger partial charge < -0.3 is 9.30 Å². The van der Waals surface area contributed by atoms with E-state index in [9.17, 15) is 14.4 Å². The summed E-state index contributed by atoms with van der Waals surface area (Å²) in [5.41, 5.74) is 0.901. The van der Waals surface area contributed by atoms with Gasteiger partial charge in [0.2, 0.25) is 0 Å². The molecule has 2 amide bonds. The molecule has 0 aliphatic heterocycles. The van der Waals surface area contributed by atoms with Crippen LogP contribution in [-0.2, 0) is 16.6 Å². The highest BCUT2D eigenvalue weighted by Crippen LogP contribution is 2.13. The second-order valence-corrected chi connectivity index (χ2v) is 5.23. The van der Waals surface area contributed by atoms with E-state index in [0.717, 1.165) is 0 Å². The molecule has 0 fully saturated rings. The van der Waals surface area contributed by atoms with Gasteiger partial charge in [0.1, 0.15) is 12.0 Å². The molecule has 0 spiro atoms. The molecule has 0 atom stereocenters. The van der Waals surface area contributed by atoms with E-state index in [1.165, 1.54) is 17.1 Å². The molecule has 26 heavy (non-hydrogen) atoms. The first kappa shape index (κ1) is 17.0. The molecule has 3 rings (SSSR count). The first-order valence-electron chi connectivity index (χ1n) is 7.51. The Morgan fingerprint density at radius 3 is 2.65 bits per heavy atom. The van der Waals surface area contributed by atoms with Crippen LogP contribution in [0.1, 0.15) is 20.8 Å². The van der Waals surface area contributed by atoms with Gasteiger partial charge in [-0.15, -0.1) is 5.10 Å². The Morgan fingerprint density at radius 1 is 1.15 bits per heavy atom. The first-order chi connectivity index (χ1) is 12.6. The number of aromatic nitrogens is 5. The summed E-state index contributed by atoms with van der Waals surface area (Å²) in [6.07, 6.45) is 3.01. The van der Waals surface area contributed by atoms with Crippen molar-refractivity contribution in [1.29, 1.82) is 0 Å². The summed E-state index contributed by atoms with van der Waals surface area (Å²) in [6.45, 7) is -0.598. The van der Waals surface area contributed by atoms with Crippen molar-refractivity contribution < 1.29 is 19.1 Å². The number of hydrogen-bond donors (Lipinski definition) is 1. The first-order valence-corrected chi connectivity index (χ1v) is 7.51. The molecule has 0 aliphatic rings. The number of para-hydroxylation sites is 1. The van der Waals surface area contributed by atoms with Crippen LogP contribution in [0.5, 0.6) is 0 Å². The number of aryl methyl sites for hydroxylation is 1. The molecular weight excluding hydrogens is 340 g/mol. The number of carbonyl (C=O) groups is 3. The molecular formula is C16H14N6O4. The molecule has 2 aromatic heterocycles. The molecule has 0 saturated heterocycles. The topological polar surface area (TPSA) is 121 Å².